The number of hydrogen-bond donors (Lipinski definition) is 1. The summed E-state index contributed by atoms with van der Waals surface area (Å²) in [6, 6.07) is 9.68. The Morgan fingerprint density at radius 3 is 3.00 bits per heavy atom. The van der Waals surface area contributed by atoms with E-state index in [4.69, 9.17) is 5.21 Å². The summed E-state index contributed by atoms with van der Waals surface area (Å²) in [6.07, 6.45) is 1.75. The Bertz CT molecular complexity index is 491. The molecule has 0 fully saturated rings. The van der Waals surface area contributed by atoms with Gasteiger partial charge in [0.05, 0.1) is 11.2 Å². The average molecular weight is 186 g/mol. The van der Waals surface area contributed by atoms with Gasteiger partial charge in [-0.2, -0.15) is 0 Å². The molecule has 1 N–H and O–H groups in total. The summed E-state index contributed by atoms with van der Waals surface area (Å²) >= 11 is 0. The zero-order valence-electron chi connectivity index (χ0n) is 7.81. The molecule has 0 unspecified atom stereocenters. The molecule has 0 amide bonds. The van der Waals surface area contributed by atoms with Crippen LogP contribution in [0.4, 0.5) is 0 Å². The number of fused-ring (bicyclic) bond motifs is 1. The third-order valence-corrected chi connectivity index (χ3v) is 2.17. The first-order valence-electron chi connectivity index (χ1n) is 4.35. The first kappa shape index (κ1) is 8.69. The van der Waals surface area contributed by atoms with Crippen LogP contribution in [0.1, 0.15) is 12.5 Å². The third-order valence-electron chi connectivity index (χ3n) is 2.17. The van der Waals surface area contributed by atoms with Gasteiger partial charge in [0, 0.05) is 17.1 Å². The van der Waals surface area contributed by atoms with E-state index < -0.39 is 0 Å². The number of benzene rings is 1. The molecule has 70 valence electrons. The van der Waals surface area contributed by atoms with Crippen molar-refractivity contribution in [1.29, 1.82) is 0 Å². The van der Waals surface area contributed by atoms with Crippen molar-refractivity contribution in [3.05, 3.63) is 42.1 Å². The van der Waals surface area contributed by atoms with E-state index >= 15 is 0 Å². The highest BCUT2D eigenvalue weighted by atomic mass is 16.4. The van der Waals surface area contributed by atoms with Crippen molar-refractivity contribution in [3.8, 4) is 0 Å². The number of rotatable bonds is 1. The Labute approximate surface area is 81.7 Å². The molecule has 0 aliphatic heterocycles. The molecule has 0 bridgehead atoms. The molecule has 2 rings (SSSR count). The third kappa shape index (κ3) is 1.44. The number of oxime groups is 1. The van der Waals surface area contributed by atoms with Crippen LogP contribution in [0.25, 0.3) is 10.9 Å². The Morgan fingerprint density at radius 1 is 1.36 bits per heavy atom. The highest BCUT2D eigenvalue weighted by Crippen LogP contribution is 2.13. The van der Waals surface area contributed by atoms with Gasteiger partial charge in [-0.05, 0) is 19.1 Å². The van der Waals surface area contributed by atoms with Crippen LogP contribution in [0.5, 0.6) is 0 Å². The highest BCUT2D eigenvalue weighted by molar-refractivity contribution is 6.00. The normalized spacial score (nSPS) is 11.9. The first-order chi connectivity index (χ1) is 6.81. The van der Waals surface area contributed by atoms with Crippen LogP contribution < -0.4 is 0 Å². The van der Waals surface area contributed by atoms with E-state index in [0.29, 0.717) is 5.71 Å². The van der Waals surface area contributed by atoms with Crippen LogP contribution in [0.2, 0.25) is 0 Å². The van der Waals surface area contributed by atoms with Crippen LogP contribution >= 0.6 is 0 Å². The van der Waals surface area contributed by atoms with E-state index in [1.807, 2.05) is 30.3 Å². The van der Waals surface area contributed by atoms with Gasteiger partial charge in [0.2, 0.25) is 0 Å². The second-order valence-corrected chi connectivity index (χ2v) is 3.10. The standard InChI is InChI=1S/C11H10N2O/c1-8(13-14)10-5-4-9-3-2-6-12-11(9)7-10/h2-7,14H,1H3/b13-8+. The lowest BCUT2D eigenvalue weighted by molar-refractivity contribution is 0.319. The predicted molar refractivity (Wildman–Crippen MR) is 55.7 cm³/mol. The summed E-state index contributed by atoms with van der Waals surface area (Å²) in [4.78, 5) is 4.22. The molecule has 2 aromatic rings. The molecule has 0 radical (unpaired) electrons. The predicted octanol–water partition coefficient (Wildman–Crippen LogP) is 2.43. The van der Waals surface area contributed by atoms with Gasteiger partial charge in [0.25, 0.3) is 0 Å². The van der Waals surface area contributed by atoms with Crippen LogP contribution in [0.15, 0.2) is 41.7 Å². The summed E-state index contributed by atoms with van der Waals surface area (Å²) < 4.78 is 0. The fraction of sp³-hybridized carbons (Fsp3) is 0.0909. The maximum atomic E-state index is 8.63. The minimum Gasteiger partial charge on any atom is -0.411 e. The molecule has 1 aromatic heterocycles. The molecule has 0 aliphatic carbocycles. The van der Waals surface area contributed by atoms with E-state index in [2.05, 4.69) is 10.1 Å². The SMILES string of the molecule is C/C(=N\O)c1ccc2cccnc2c1. The number of nitrogens with zero attached hydrogens (tertiary/aromatic N) is 2. The summed E-state index contributed by atoms with van der Waals surface area (Å²) in [5.41, 5.74) is 2.39. The molecule has 0 atom stereocenters. The second-order valence-electron chi connectivity index (χ2n) is 3.10. The second kappa shape index (κ2) is 3.46. The molecular weight excluding hydrogens is 176 g/mol. The van der Waals surface area contributed by atoms with Gasteiger partial charge in [-0.1, -0.05) is 23.4 Å². The van der Waals surface area contributed by atoms with Gasteiger partial charge in [-0.3, -0.25) is 4.98 Å². The zero-order chi connectivity index (χ0) is 9.97. The zero-order valence-corrected chi connectivity index (χ0v) is 7.81. The lowest BCUT2D eigenvalue weighted by Gasteiger charge is -2.00. The number of hydrogen-bond acceptors (Lipinski definition) is 3. The van der Waals surface area contributed by atoms with Gasteiger partial charge in [0.1, 0.15) is 0 Å². The molecule has 0 aliphatic rings. The van der Waals surface area contributed by atoms with Crippen molar-refractivity contribution in [1.82, 2.24) is 4.98 Å². The molecule has 0 spiro atoms. The summed E-state index contributed by atoms with van der Waals surface area (Å²) in [5, 5.41) is 12.9. The van der Waals surface area contributed by atoms with E-state index in [9.17, 15) is 0 Å². The van der Waals surface area contributed by atoms with Crippen molar-refractivity contribution in [2.45, 2.75) is 6.92 Å². The average Bonchev–Trinajstić information content (AvgIpc) is 2.27. The van der Waals surface area contributed by atoms with Crippen LogP contribution in [0, 0.1) is 0 Å². The molecular formula is C11H10N2O. The highest BCUT2D eigenvalue weighted by Gasteiger charge is 1.99. The van der Waals surface area contributed by atoms with E-state index in [1.54, 1.807) is 13.1 Å². The van der Waals surface area contributed by atoms with Gasteiger partial charge >= 0.3 is 0 Å². The van der Waals surface area contributed by atoms with Gasteiger partial charge in [-0.15, -0.1) is 0 Å². The van der Waals surface area contributed by atoms with Crippen LogP contribution in [-0.4, -0.2) is 15.9 Å². The van der Waals surface area contributed by atoms with Gasteiger partial charge in [0.15, 0.2) is 0 Å². The van der Waals surface area contributed by atoms with E-state index in [-0.39, 0.29) is 0 Å². The molecule has 1 aromatic carbocycles. The monoisotopic (exact) mass is 186 g/mol. The molecule has 1 heterocycles. The van der Waals surface area contributed by atoms with Crippen molar-refractivity contribution in [3.63, 3.8) is 0 Å². The molecule has 3 nitrogen and oxygen atoms in total. The van der Waals surface area contributed by atoms with Gasteiger partial charge < -0.3 is 5.21 Å². The Balaban J connectivity index is 2.62. The van der Waals surface area contributed by atoms with Gasteiger partial charge in [-0.25, -0.2) is 0 Å². The van der Waals surface area contributed by atoms with Crippen molar-refractivity contribution in [2.24, 2.45) is 5.16 Å². The minimum atomic E-state index is 0.595. The summed E-state index contributed by atoms with van der Waals surface area (Å²) in [5.74, 6) is 0. The topological polar surface area (TPSA) is 45.5 Å². The largest absolute Gasteiger partial charge is 0.411 e. The maximum absolute atomic E-state index is 8.63. The smallest absolute Gasteiger partial charge is 0.0837 e. The van der Waals surface area contributed by atoms with E-state index in [0.717, 1.165) is 16.5 Å². The van der Waals surface area contributed by atoms with Crippen molar-refractivity contribution in [2.75, 3.05) is 0 Å². The Hall–Kier alpha value is -1.90. The fourth-order valence-corrected chi connectivity index (χ4v) is 1.35. The van der Waals surface area contributed by atoms with Crippen LogP contribution in [0.3, 0.4) is 0 Å². The lowest BCUT2D eigenvalue weighted by Crippen LogP contribution is -1.94. The lowest BCUT2D eigenvalue weighted by atomic mass is 10.1. The van der Waals surface area contributed by atoms with Crippen molar-refractivity contribution >= 4 is 16.6 Å². The Morgan fingerprint density at radius 2 is 2.21 bits per heavy atom. The Kier molecular flexibility index (Phi) is 2.14. The summed E-state index contributed by atoms with van der Waals surface area (Å²) in [7, 11) is 0. The molecule has 14 heavy (non-hydrogen) atoms. The summed E-state index contributed by atoms with van der Waals surface area (Å²) in [6.45, 7) is 1.75. The fourth-order valence-electron chi connectivity index (χ4n) is 1.35. The molecule has 0 saturated carbocycles. The minimum absolute atomic E-state index is 0.595. The van der Waals surface area contributed by atoms with Crippen LogP contribution in [-0.2, 0) is 0 Å². The number of pyridine rings is 1. The molecule has 0 saturated heterocycles. The van der Waals surface area contributed by atoms with Crippen molar-refractivity contribution < 1.29 is 5.21 Å². The maximum Gasteiger partial charge on any atom is 0.0837 e. The first-order valence-corrected chi connectivity index (χ1v) is 4.35. The number of aromatic nitrogens is 1. The quantitative estimate of drug-likeness (QED) is 0.422. The molecule has 3 heteroatoms. The van der Waals surface area contributed by atoms with E-state index in [1.165, 1.54) is 0 Å².